The van der Waals surface area contributed by atoms with Crippen LogP contribution < -0.4 is 20.5 Å². The van der Waals surface area contributed by atoms with Crippen molar-refractivity contribution in [3.63, 3.8) is 0 Å². The van der Waals surface area contributed by atoms with Gasteiger partial charge in [-0.1, -0.05) is 0 Å². The number of methoxy groups -OCH3 is 1. The third-order valence-electron chi connectivity index (χ3n) is 4.08. The number of urea groups is 1. The summed E-state index contributed by atoms with van der Waals surface area (Å²) in [5.41, 5.74) is 6.48. The molecule has 0 aliphatic rings. The molecule has 28 heavy (non-hydrogen) atoms. The van der Waals surface area contributed by atoms with E-state index in [1.807, 2.05) is 29.9 Å². The van der Waals surface area contributed by atoms with Crippen LogP contribution in [0.4, 0.5) is 10.5 Å². The second-order valence-corrected chi connectivity index (χ2v) is 7.00. The summed E-state index contributed by atoms with van der Waals surface area (Å²) in [7, 11) is 3.46. The molecule has 142 valence electrons. The third kappa shape index (κ3) is 3.35. The van der Waals surface area contributed by atoms with E-state index in [4.69, 9.17) is 15.2 Å². The first-order valence-electron chi connectivity index (χ1n) is 8.34. The van der Waals surface area contributed by atoms with Gasteiger partial charge in [0.25, 0.3) is 0 Å². The maximum Gasteiger partial charge on any atom is 0.316 e. The van der Waals surface area contributed by atoms with Crippen molar-refractivity contribution in [2.45, 2.75) is 0 Å². The van der Waals surface area contributed by atoms with Crippen LogP contribution in [0.5, 0.6) is 17.2 Å². The topological polar surface area (TPSA) is 104 Å². The molecule has 0 radical (unpaired) electrons. The zero-order valence-electron chi connectivity index (χ0n) is 15.2. The first-order chi connectivity index (χ1) is 13.5. The summed E-state index contributed by atoms with van der Waals surface area (Å²) in [6, 6.07) is 8.23. The smallest absolute Gasteiger partial charge is 0.316 e. The number of amides is 2. The minimum absolute atomic E-state index is 0.446. The summed E-state index contributed by atoms with van der Waals surface area (Å²) >= 11 is 1.56. The molecule has 0 unspecified atom stereocenters. The molecule has 3 aromatic heterocycles. The van der Waals surface area contributed by atoms with Crippen molar-refractivity contribution in [1.82, 2.24) is 14.5 Å². The van der Waals surface area contributed by atoms with Gasteiger partial charge in [0.2, 0.25) is 0 Å². The maximum absolute atomic E-state index is 11.1. The van der Waals surface area contributed by atoms with Crippen LogP contribution in [-0.2, 0) is 7.05 Å². The van der Waals surface area contributed by atoms with Gasteiger partial charge in [-0.3, -0.25) is 4.98 Å². The Labute approximate surface area is 164 Å². The van der Waals surface area contributed by atoms with Gasteiger partial charge in [0, 0.05) is 37.8 Å². The van der Waals surface area contributed by atoms with Crippen LogP contribution in [-0.4, -0.2) is 27.7 Å². The number of hydrogen-bond acceptors (Lipinski definition) is 6. The number of hydrogen-bond donors (Lipinski definition) is 2. The molecule has 0 saturated heterocycles. The van der Waals surface area contributed by atoms with Gasteiger partial charge in [-0.25, -0.2) is 9.78 Å². The molecule has 8 nitrogen and oxygen atoms in total. The quantitative estimate of drug-likeness (QED) is 0.532. The van der Waals surface area contributed by atoms with Crippen LogP contribution in [0.1, 0.15) is 0 Å². The predicted molar refractivity (Wildman–Crippen MR) is 108 cm³/mol. The fraction of sp³-hybridized carbons (Fsp3) is 0.105. The number of carbonyl (C=O) groups is 1. The lowest BCUT2D eigenvalue weighted by Crippen LogP contribution is -2.19. The third-order valence-corrected chi connectivity index (χ3v) is 5.21. The summed E-state index contributed by atoms with van der Waals surface area (Å²) in [6.07, 6.45) is 5.36. The number of aryl methyl sites for hydroxylation is 1. The molecular weight excluding hydrogens is 378 g/mol. The Kier molecular flexibility index (Phi) is 4.58. The maximum atomic E-state index is 11.1. The van der Waals surface area contributed by atoms with Crippen molar-refractivity contribution in [1.29, 1.82) is 0 Å². The van der Waals surface area contributed by atoms with Gasteiger partial charge < -0.3 is 25.1 Å². The number of nitrogens with two attached hydrogens (primary N) is 1. The molecule has 0 aliphatic carbocycles. The van der Waals surface area contributed by atoms with E-state index in [-0.39, 0.29) is 0 Å². The van der Waals surface area contributed by atoms with Crippen LogP contribution >= 0.6 is 11.3 Å². The lowest BCUT2D eigenvalue weighted by atomic mass is 10.2. The highest BCUT2D eigenvalue weighted by atomic mass is 32.1. The van der Waals surface area contributed by atoms with Crippen LogP contribution in [0.15, 0.2) is 48.9 Å². The minimum Gasteiger partial charge on any atom is -0.494 e. The highest BCUT2D eigenvalue weighted by Crippen LogP contribution is 2.39. The molecule has 0 bridgehead atoms. The SMILES string of the molecule is COc1cc(Oc2ccnc3cc(-c4nccn4C)sc23)ccc1NC(N)=O. The second kappa shape index (κ2) is 7.20. The Morgan fingerprint density at radius 3 is 2.75 bits per heavy atom. The lowest BCUT2D eigenvalue weighted by molar-refractivity contribution is 0.259. The van der Waals surface area contributed by atoms with Gasteiger partial charge in [-0.15, -0.1) is 11.3 Å². The van der Waals surface area contributed by atoms with Gasteiger partial charge in [0.05, 0.1) is 27.9 Å². The van der Waals surface area contributed by atoms with E-state index in [0.717, 1.165) is 20.9 Å². The molecule has 0 aliphatic heterocycles. The Morgan fingerprint density at radius 1 is 1.18 bits per heavy atom. The van der Waals surface area contributed by atoms with Crippen molar-refractivity contribution in [3.8, 4) is 28.0 Å². The van der Waals surface area contributed by atoms with Crippen LogP contribution in [0, 0.1) is 0 Å². The number of thiophene rings is 1. The minimum atomic E-state index is -0.664. The molecule has 3 heterocycles. The lowest BCUT2D eigenvalue weighted by Gasteiger charge is -2.12. The Morgan fingerprint density at radius 2 is 2.04 bits per heavy atom. The zero-order chi connectivity index (χ0) is 19.7. The fourth-order valence-electron chi connectivity index (χ4n) is 2.81. The van der Waals surface area contributed by atoms with Gasteiger partial charge in [-0.05, 0) is 18.2 Å². The van der Waals surface area contributed by atoms with E-state index in [0.29, 0.717) is 22.9 Å². The molecule has 0 saturated carbocycles. The molecule has 4 aromatic rings. The van der Waals surface area contributed by atoms with E-state index in [1.165, 1.54) is 7.11 Å². The number of imidazole rings is 1. The number of anilines is 1. The van der Waals surface area contributed by atoms with Crippen LogP contribution in [0.3, 0.4) is 0 Å². The number of fused-ring (bicyclic) bond motifs is 1. The average Bonchev–Trinajstić information content (AvgIpc) is 3.28. The molecule has 0 fully saturated rings. The largest absolute Gasteiger partial charge is 0.494 e. The van der Waals surface area contributed by atoms with E-state index in [1.54, 1.807) is 41.9 Å². The number of aromatic nitrogens is 3. The van der Waals surface area contributed by atoms with Crippen molar-refractivity contribution in [2.75, 3.05) is 12.4 Å². The number of rotatable bonds is 5. The van der Waals surface area contributed by atoms with Gasteiger partial charge in [0.1, 0.15) is 23.1 Å². The van der Waals surface area contributed by atoms with Crippen molar-refractivity contribution in [3.05, 3.63) is 48.9 Å². The highest BCUT2D eigenvalue weighted by Gasteiger charge is 2.14. The average molecular weight is 395 g/mol. The number of pyridine rings is 1. The number of primary amides is 1. The summed E-state index contributed by atoms with van der Waals surface area (Å²) in [5, 5.41) is 2.51. The number of nitrogens with zero attached hydrogens (tertiary/aromatic N) is 3. The first-order valence-corrected chi connectivity index (χ1v) is 9.15. The van der Waals surface area contributed by atoms with E-state index in [9.17, 15) is 4.79 Å². The van der Waals surface area contributed by atoms with Crippen LogP contribution in [0.2, 0.25) is 0 Å². The normalized spacial score (nSPS) is 10.8. The number of ether oxygens (including phenoxy) is 2. The van der Waals surface area contributed by atoms with E-state index >= 15 is 0 Å². The van der Waals surface area contributed by atoms with Gasteiger partial charge in [0.15, 0.2) is 0 Å². The van der Waals surface area contributed by atoms with Crippen molar-refractivity contribution < 1.29 is 14.3 Å². The zero-order valence-corrected chi connectivity index (χ0v) is 16.0. The summed E-state index contributed by atoms with van der Waals surface area (Å²) < 4.78 is 14.3. The monoisotopic (exact) mass is 395 g/mol. The molecule has 0 spiro atoms. The molecule has 3 N–H and O–H groups in total. The predicted octanol–water partition coefficient (Wildman–Crippen LogP) is 3.99. The highest BCUT2D eigenvalue weighted by molar-refractivity contribution is 7.22. The van der Waals surface area contributed by atoms with Gasteiger partial charge in [-0.2, -0.15) is 0 Å². The summed E-state index contributed by atoms with van der Waals surface area (Å²) in [6.45, 7) is 0. The van der Waals surface area contributed by atoms with Gasteiger partial charge >= 0.3 is 6.03 Å². The number of benzene rings is 1. The van der Waals surface area contributed by atoms with Crippen molar-refractivity contribution in [2.24, 2.45) is 12.8 Å². The van der Waals surface area contributed by atoms with Crippen molar-refractivity contribution >= 4 is 33.3 Å². The molecule has 9 heteroatoms. The first kappa shape index (κ1) is 17.8. The Balaban J connectivity index is 1.69. The Hall–Kier alpha value is -3.59. The molecule has 2 amide bonds. The van der Waals surface area contributed by atoms with E-state index in [2.05, 4.69) is 15.3 Å². The Bertz CT molecular complexity index is 1170. The van der Waals surface area contributed by atoms with E-state index < -0.39 is 6.03 Å². The van der Waals surface area contributed by atoms with Crippen LogP contribution in [0.25, 0.3) is 20.9 Å². The molecule has 0 atom stereocenters. The fourth-order valence-corrected chi connectivity index (χ4v) is 3.91. The molecule has 1 aromatic carbocycles. The molecular formula is C19H17N5O3S. The summed E-state index contributed by atoms with van der Waals surface area (Å²) in [5.74, 6) is 2.55. The number of carbonyl (C=O) groups excluding carboxylic acids is 1. The molecule has 4 rings (SSSR count). The number of nitrogens with one attached hydrogen (secondary N) is 1. The summed E-state index contributed by atoms with van der Waals surface area (Å²) in [4.78, 5) is 20.9. The second-order valence-electron chi connectivity index (χ2n) is 5.95. The standard InChI is InChI=1S/C19H17N5O3S/c1-24-8-7-22-18(24)16-10-13-17(28-16)14(5-6-21-13)27-11-3-4-12(23-19(20)25)15(9-11)26-2/h3-10H,1-2H3,(H3,20,23,25).